The Morgan fingerprint density at radius 1 is 1.40 bits per heavy atom. The minimum Gasteiger partial charge on any atom is -0.493 e. The Kier molecular flexibility index (Phi) is 5.22. The summed E-state index contributed by atoms with van der Waals surface area (Å²) in [6.07, 6.45) is 1.87. The van der Waals surface area contributed by atoms with Crippen LogP contribution in [0.2, 0.25) is 0 Å². The van der Waals surface area contributed by atoms with E-state index < -0.39 is 6.10 Å². The first-order valence-electron chi connectivity index (χ1n) is 7.21. The molecule has 20 heavy (non-hydrogen) atoms. The molecule has 2 rings (SSSR count). The molecule has 1 heterocycles. The quantitative estimate of drug-likeness (QED) is 0.864. The maximum Gasteiger partial charge on any atom is 0.166 e. The lowest BCUT2D eigenvalue weighted by molar-refractivity contribution is -0.129. The highest BCUT2D eigenvalue weighted by atomic mass is 79.9. The van der Waals surface area contributed by atoms with Gasteiger partial charge < -0.3 is 9.84 Å². The van der Waals surface area contributed by atoms with Crippen LogP contribution in [0.3, 0.4) is 0 Å². The SMILES string of the molecule is CCC(CC)C(O)C(=O)Cc1cc(Br)cc2c1OCC2. The van der Waals surface area contributed by atoms with E-state index in [1.54, 1.807) is 0 Å². The fourth-order valence-corrected chi connectivity index (χ4v) is 3.32. The van der Waals surface area contributed by atoms with Crippen LogP contribution in [0.4, 0.5) is 0 Å². The Balaban J connectivity index is 2.16. The molecule has 0 amide bonds. The molecule has 0 saturated carbocycles. The number of carbonyl (C=O) groups is 1. The predicted molar refractivity (Wildman–Crippen MR) is 82.1 cm³/mol. The van der Waals surface area contributed by atoms with Gasteiger partial charge in [-0.2, -0.15) is 0 Å². The summed E-state index contributed by atoms with van der Waals surface area (Å²) in [6, 6.07) is 3.95. The summed E-state index contributed by atoms with van der Waals surface area (Å²) >= 11 is 3.47. The standard InChI is InChI=1S/C16H21BrO3/c1-3-10(4-2)15(19)14(18)9-12-8-13(17)7-11-5-6-20-16(11)12/h7-8,10,15,19H,3-6,9H2,1-2H3. The van der Waals surface area contributed by atoms with E-state index in [-0.39, 0.29) is 18.1 Å². The lowest BCUT2D eigenvalue weighted by Gasteiger charge is -2.19. The number of hydrogen-bond donors (Lipinski definition) is 1. The Morgan fingerprint density at radius 2 is 2.10 bits per heavy atom. The van der Waals surface area contributed by atoms with Gasteiger partial charge >= 0.3 is 0 Å². The predicted octanol–water partition coefficient (Wildman–Crippen LogP) is 3.29. The average molecular weight is 341 g/mol. The summed E-state index contributed by atoms with van der Waals surface area (Å²) in [5, 5.41) is 10.2. The number of carbonyl (C=O) groups excluding carboxylic acids is 1. The van der Waals surface area contributed by atoms with Gasteiger partial charge in [-0.3, -0.25) is 4.79 Å². The largest absolute Gasteiger partial charge is 0.493 e. The second-order valence-corrected chi connectivity index (χ2v) is 6.23. The summed E-state index contributed by atoms with van der Waals surface area (Å²) in [7, 11) is 0. The fourth-order valence-electron chi connectivity index (χ4n) is 2.77. The van der Waals surface area contributed by atoms with Gasteiger partial charge in [0.15, 0.2) is 5.78 Å². The molecule has 3 nitrogen and oxygen atoms in total. The van der Waals surface area contributed by atoms with Gasteiger partial charge in [-0.1, -0.05) is 42.6 Å². The van der Waals surface area contributed by atoms with Gasteiger partial charge in [0, 0.05) is 22.9 Å². The number of aliphatic hydroxyl groups is 1. The van der Waals surface area contributed by atoms with Crippen LogP contribution < -0.4 is 4.74 Å². The van der Waals surface area contributed by atoms with E-state index >= 15 is 0 Å². The van der Waals surface area contributed by atoms with Crippen molar-refractivity contribution in [1.82, 2.24) is 0 Å². The summed E-state index contributed by atoms with van der Waals surface area (Å²) < 4.78 is 6.58. The number of halogens is 1. The van der Waals surface area contributed by atoms with Crippen molar-refractivity contribution in [1.29, 1.82) is 0 Å². The van der Waals surface area contributed by atoms with E-state index in [1.807, 2.05) is 26.0 Å². The Labute approximate surface area is 128 Å². The molecule has 1 unspecified atom stereocenters. The number of aliphatic hydroxyl groups excluding tert-OH is 1. The van der Waals surface area contributed by atoms with E-state index in [2.05, 4.69) is 15.9 Å². The van der Waals surface area contributed by atoms with Crippen molar-refractivity contribution in [2.45, 2.75) is 45.6 Å². The topological polar surface area (TPSA) is 46.5 Å². The summed E-state index contributed by atoms with van der Waals surface area (Å²) in [6.45, 7) is 4.68. The van der Waals surface area contributed by atoms with E-state index in [1.165, 1.54) is 0 Å². The summed E-state index contributed by atoms with van der Waals surface area (Å²) in [5.74, 6) is 0.761. The molecule has 1 aliphatic heterocycles. The summed E-state index contributed by atoms with van der Waals surface area (Å²) in [4.78, 5) is 12.3. The number of hydrogen-bond acceptors (Lipinski definition) is 3. The third kappa shape index (κ3) is 3.23. The zero-order valence-corrected chi connectivity index (χ0v) is 13.6. The van der Waals surface area contributed by atoms with Crippen LogP contribution in [0.15, 0.2) is 16.6 Å². The molecule has 1 aromatic rings. The third-order valence-corrected chi connectivity index (χ3v) is 4.47. The minimum absolute atomic E-state index is 0.0450. The van der Waals surface area contributed by atoms with E-state index in [9.17, 15) is 9.90 Å². The van der Waals surface area contributed by atoms with Gasteiger partial charge in [-0.15, -0.1) is 0 Å². The van der Waals surface area contributed by atoms with Crippen molar-refractivity contribution in [3.05, 3.63) is 27.7 Å². The van der Waals surface area contributed by atoms with Gasteiger partial charge in [-0.05, 0) is 23.6 Å². The normalized spacial score (nSPS) is 15.1. The Morgan fingerprint density at radius 3 is 2.75 bits per heavy atom. The first-order valence-corrected chi connectivity index (χ1v) is 8.01. The number of rotatable bonds is 6. The molecule has 0 aromatic heterocycles. The van der Waals surface area contributed by atoms with Crippen molar-refractivity contribution in [2.24, 2.45) is 5.92 Å². The van der Waals surface area contributed by atoms with Gasteiger partial charge in [0.25, 0.3) is 0 Å². The van der Waals surface area contributed by atoms with E-state index in [0.717, 1.165) is 40.6 Å². The molecule has 0 aliphatic carbocycles. The molecular formula is C16H21BrO3. The Bertz CT molecular complexity index is 495. The second kappa shape index (κ2) is 6.72. The lowest BCUT2D eigenvalue weighted by Crippen LogP contribution is -2.30. The van der Waals surface area contributed by atoms with Crippen LogP contribution in [-0.2, 0) is 17.6 Å². The van der Waals surface area contributed by atoms with Crippen molar-refractivity contribution < 1.29 is 14.6 Å². The number of benzene rings is 1. The van der Waals surface area contributed by atoms with Gasteiger partial charge in [-0.25, -0.2) is 0 Å². The maximum atomic E-state index is 12.3. The van der Waals surface area contributed by atoms with Gasteiger partial charge in [0.05, 0.1) is 6.61 Å². The first-order chi connectivity index (χ1) is 9.56. The molecule has 4 heteroatoms. The van der Waals surface area contributed by atoms with Crippen LogP contribution >= 0.6 is 15.9 Å². The van der Waals surface area contributed by atoms with Crippen molar-refractivity contribution >= 4 is 21.7 Å². The average Bonchev–Trinajstić information content (AvgIpc) is 2.88. The number of fused-ring (bicyclic) bond motifs is 1. The molecule has 0 radical (unpaired) electrons. The molecule has 0 bridgehead atoms. The minimum atomic E-state index is -0.874. The molecule has 0 spiro atoms. The van der Waals surface area contributed by atoms with Crippen molar-refractivity contribution in [3.63, 3.8) is 0 Å². The lowest BCUT2D eigenvalue weighted by atomic mass is 9.90. The zero-order chi connectivity index (χ0) is 14.7. The van der Waals surface area contributed by atoms with Gasteiger partial charge in [0.1, 0.15) is 11.9 Å². The first kappa shape index (κ1) is 15.5. The maximum absolute atomic E-state index is 12.3. The molecule has 1 aromatic carbocycles. The highest BCUT2D eigenvalue weighted by molar-refractivity contribution is 9.10. The number of Topliss-reactive ketones (excluding diaryl/α,β-unsaturated/α-hetero) is 1. The third-order valence-electron chi connectivity index (χ3n) is 4.02. The molecule has 110 valence electrons. The number of ketones is 1. The molecule has 1 aliphatic rings. The van der Waals surface area contributed by atoms with E-state index in [4.69, 9.17) is 4.74 Å². The highest BCUT2D eigenvalue weighted by Gasteiger charge is 2.26. The van der Waals surface area contributed by atoms with Crippen LogP contribution in [0.1, 0.15) is 37.8 Å². The summed E-state index contributed by atoms with van der Waals surface area (Å²) in [5.41, 5.74) is 2.01. The smallest absolute Gasteiger partial charge is 0.166 e. The van der Waals surface area contributed by atoms with Crippen LogP contribution in [0.5, 0.6) is 5.75 Å². The van der Waals surface area contributed by atoms with Crippen LogP contribution in [0.25, 0.3) is 0 Å². The zero-order valence-electron chi connectivity index (χ0n) is 12.0. The van der Waals surface area contributed by atoms with Crippen LogP contribution in [0, 0.1) is 5.92 Å². The highest BCUT2D eigenvalue weighted by Crippen LogP contribution is 2.33. The fraction of sp³-hybridized carbons (Fsp3) is 0.562. The molecular weight excluding hydrogens is 320 g/mol. The van der Waals surface area contributed by atoms with E-state index in [0.29, 0.717) is 6.61 Å². The van der Waals surface area contributed by atoms with Crippen molar-refractivity contribution in [3.8, 4) is 5.75 Å². The number of ether oxygens (including phenoxy) is 1. The molecule has 1 N–H and O–H groups in total. The molecule has 1 atom stereocenters. The molecule has 0 fully saturated rings. The molecule has 0 saturated heterocycles. The Hall–Kier alpha value is -0.870. The van der Waals surface area contributed by atoms with Gasteiger partial charge in [0.2, 0.25) is 0 Å². The van der Waals surface area contributed by atoms with Crippen LogP contribution in [-0.4, -0.2) is 23.6 Å². The van der Waals surface area contributed by atoms with Crippen molar-refractivity contribution in [2.75, 3.05) is 6.61 Å². The second-order valence-electron chi connectivity index (χ2n) is 5.32. The monoisotopic (exact) mass is 340 g/mol.